The first-order valence-corrected chi connectivity index (χ1v) is 10.5. The first kappa shape index (κ1) is 25.0. The van der Waals surface area contributed by atoms with E-state index < -0.39 is 14.6 Å². The van der Waals surface area contributed by atoms with E-state index in [4.69, 9.17) is 0 Å². The molecule has 8 heteroatoms. The number of benzene rings is 1. The summed E-state index contributed by atoms with van der Waals surface area (Å²) >= 11 is 0. The number of anilines is 1. The van der Waals surface area contributed by atoms with Crippen molar-refractivity contribution in [1.82, 2.24) is 10.6 Å². The SMILES string of the molecule is CCN(CCNC(=NC)NCC(C)(C)S(C)(=O)=O)c1cccc(C)c1.I. The molecule has 0 aliphatic heterocycles. The third-order valence-corrected chi connectivity index (χ3v) is 6.48. The molecule has 26 heavy (non-hydrogen) atoms. The van der Waals surface area contributed by atoms with Crippen molar-refractivity contribution in [3.05, 3.63) is 29.8 Å². The van der Waals surface area contributed by atoms with E-state index in [-0.39, 0.29) is 24.0 Å². The lowest BCUT2D eigenvalue weighted by Gasteiger charge is -2.26. The number of rotatable bonds is 8. The van der Waals surface area contributed by atoms with Crippen LogP contribution in [0.5, 0.6) is 0 Å². The highest BCUT2D eigenvalue weighted by molar-refractivity contribution is 14.0. The van der Waals surface area contributed by atoms with Crippen LogP contribution in [0.1, 0.15) is 26.3 Å². The molecule has 0 aliphatic carbocycles. The zero-order valence-electron chi connectivity index (χ0n) is 16.7. The van der Waals surface area contributed by atoms with Gasteiger partial charge in [0.15, 0.2) is 15.8 Å². The minimum absolute atomic E-state index is 0. The Morgan fingerprint density at radius 2 is 1.92 bits per heavy atom. The van der Waals surface area contributed by atoms with Gasteiger partial charge in [0.2, 0.25) is 0 Å². The van der Waals surface area contributed by atoms with Gasteiger partial charge in [0, 0.05) is 45.2 Å². The van der Waals surface area contributed by atoms with Crippen molar-refractivity contribution in [2.45, 2.75) is 32.4 Å². The number of guanidine groups is 1. The molecule has 0 unspecified atom stereocenters. The molecule has 0 heterocycles. The van der Waals surface area contributed by atoms with Gasteiger partial charge in [-0.05, 0) is 45.4 Å². The number of hydrogen-bond acceptors (Lipinski definition) is 4. The molecule has 6 nitrogen and oxygen atoms in total. The number of nitrogens with one attached hydrogen (secondary N) is 2. The van der Waals surface area contributed by atoms with Gasteiger partial charge >= 0.3 is 0 Å². The Bertz CT molecular complexity index is 690. The lowest BCUT2D eigenvalue weighted by atomic mass is 10.2. The molecular weight excluding hydrogens is 463 g/mol. The van der Waals surface area contributed by atoms with E-state index in [2.05, 4.69) is 58.6 Å². The number of likely N-dealkylation sites (N-methyl/N-ethyl adjacent to an activating group) is 1. The van der Waals surface area contributed by atoms with Crippen LogP contribution in [-0.2, 0) is 9.84 Å². The summed E-state index contributed by atoms with van der Waals surface area (Å²) in [5.74, 6) is 0.608. The molecule has 0 saturated carbocycles. The Morgan fingerprint density at radius 1 is 1.27 bits per heavy atom. The number of sulfone groups is 1. The van der Waals surface area contributed by atoms with Gasteiger partial charge in [0.05, 0.1) is 4.75 Å². The zero-order valence-corrected chi connectivity index (χ0v) is 19.8. The summed E-state index contributed by atoms with van der Waals surface area (Å²) in [4.78, 5) is 6.45. The molecular formula is C18H33IN4O2S. The van der Waals surface area contributed by atoms with Crippen molar-refractivity contribution < 1.29 is 8.42 Å². The molecule has 0 radical (unpaired) electrons. The molecule has 0 aromatic heterocycles. The van der Waals surface area contributed by atoms with Gasteiger partial charge < -0.3 is 15.5 Å². The Kier molecular flexibility index (Phi) is 10.5. The van der Waals surface area contributed by atoms with Crippen LogP contribution in [0.2, 0.25) is 0 Å². The second kappa shape index (κ2) is 11.0. The second-order valence-corrected chi connectivity index (χ2v) is 9.45. The van der Waals surface area contributed by atoms with Crippen LogP contribution < -0.4 is 15.5 Å². The van der Waals surface area contributed by atoms with Crippen LogP contribution in [0.15, 0.2) is 29.3 Å². The summed E-state index contributed by atoms with van der Waals surface area (Å²) in [6.07, 6.45) is 1.26. The summed E-state index contributed by atoms with van der Waals surface area (Å²) in [5.41, 5.74) is 2.44. The maximum atomic E-state index is 11.8. The van der Waals surface area contributed by atoms with E-state index in [0.717, 1.165) is 13.1 Å². The molecule has 0 fully saturated rings. The van der Waals surface area contributed by atoms with Crippen molar-refractivity contribution in [1.29, 1.82) is 0 Å². The molecule has 1 rings (SSSR count). The molecule has 0 spiro atoms. The summed E-state index contributed by atoms with van der Waals surface area (Å²) in [6.45, 7) is 10.4. The largest absolute Gasteiger partial charge is 0.370 e. The first-order valence-electron chi connectivity index (χ1n) is 8.56. The van der Waals surface area contributed by atoms with Gasteiger partial charge in [-0.3, -0.25) is 4.99 Å². The maximum absolute atomic E-state index is 11.8. The van der Waals surface area contributed by atoms with Crippen molar-refractivity contribution in [2.24, 2.45) is 4.99 Å². The van der Waals surface area contributed by atoms with Gasteiger partial charge in [0.1, 0.15) is 0 Å². The zero-order chi connectivity index (χ0) is 19.1. The molecule has 0 bridgehead atoms. The molecule has 0 atom stereocenters. The van der Waals surface area contributed by atoms with Crippen LogP contribution in [-0.4, -0.2) is 58.6 Å². The molecule has 0 saturated heterocycles. The number of hydrogen-bond donors (Lipinski definition) is 2. The Balaban J connectivity index is 0.00000625. The Labute approximate surface area is 175 Å². The van der Waals surface area contributed by atoms with Crippen LogP contribution in [0.3, 0.4) is 0 Å². The number of nitrogens with zero attached hydrogens (tertiary/aromatic N) is 2. The predicted molar refractivity (Wildman–Crippen MR) is 123 cm³/mol. The summed E-state index contributed by atoms with van der Waals surface area (Å²) < 4.78 is 22.7. The van der Waals surface area contributed by atoms with Gasteiger partial charge in [-0.25, -0.2) is 8.42 Å². The lowest BCUT2D eigenvalue weighted by molar-refractivity contribution is 0.544. The average Bonchev–Trinajstić information content (AvgIpc) is 2.53. The van der Waals surface area contributed by atoms with Crippen molar-refractivity contribution >= 4 is 45.5 Å². The second-order valence-electron chi connectivity index (χ2n) is 6.80. The molecule has 150 valence electrons. The predicted octanol–water partition coefficient (Wildman–Crippen LogP) is 2.43. The van der Waals surface area contributed by atoms with Crippen LogP contribution >= 0.6 is 24.0 Å². The third-order valence-electron chi connectivity index (χ3n) is 4.33. The first-order chi connectivity index (χ1) is 11.6. The topological polar surface area (TPSA) is 73.8 Å². The fraction of sp³-hybridized carbons (Fsp3) is 0.611. The number of aliphatic imine (C=N–C) groups is 1. The van der Waals surface area contributed by atoms with Crippen molar-refractivity contribution in [3.8, 4) is 0 Å². The monoisotopic (exact) mass is 496 g/mol. The molecule has 2 N–H and O–H groups in total. The van der Waals surface area contributed by atoms with Crippen LogP contribution in [0.25, 0.3) is 0 Å². The fourth-order valence-corrected chi connectivity index (χ4v) is 2.59. The Hall–Kier alpha value is -1.03. The quantitative estimate of drug-likeness (QED) is 0.329. The highest BCUT2D eigenvalue weighted by Crippen LogP contribution is 2.15. The molecule has 1 aromatic rings. The normalized spacial score (nSPS) is 12.3. The smallest absolute Gasteiger partial charge is 0.191 e. The van der Waals surface area contributed by atoms with Crippen molar-refractivity contribution in [2.75, 3.05) is 44.4 Å². The molecule has 1 aromatic carbocycles. The number of aryl methyl sites for hydroxylation is 1. The Morgan fingerprint density at radius 3 is 2.42 bits per heavy atom. The highest BCUT2D eigenvalue weighted by atomic mass is 127. The number of halogens is 1. The van der Waals surface area contributed by atoms with Crippen LogP contribution in [0, 0.1) is 6.92 Å². The van der Waals surface area contributed by atoms with E-state index >= 15 is 0 Å². The van der Waals surface area contributed by atoms with Gasteiger partial charge in [-0.1, -0.05) is 12.1 Å². The van der Waals surface area contributed by atoms with Crippen molar-refractivity contribution in [3.63, 3.8) is 0 Å². The third kappa shape index (κ3) is 7.69. The standard InChI is InChI=1S/C18H32N4O2S.HI/c1-7-22(16-10-8-9-15(2)13-16)12-11-20-17(19-5)21-14-18(3,4)25(6,23)24;/h8-10,13H,7,11-12,14H2,1-6H3,(H2,19,20,21);1H. The summed E-state index contributed by atoms with van der Waals surface area (Å²) in [6, 6.07) is 8.43. The summed E-state index contributed by atoms with van der Waals surface area (Å²) in [5, 5.41) is 6.34. The van der Waals surface area contributed by atoms with E-state index in [1.54, 1.807) is 20.9 Å². The average molecular weight is 496 g/mol. The van der Waals surface area contributed by atoms with Gasteiger partial charge in [-0.2, -0.15) is 0 Å². The fourth-order valence-electron chi connectivity index (χ4n) is 2.25. The van der Waals surface area contributed by atoms with E-state index in [1.165, 1.54) is 17.5 Å². The lowest BCUT2D eigenvalue weighted by Crippen LogP contribution is -2.48. The minimum atomic E-state index is -3.14. The summed E-state index contributed by atoms with van der Waals surface area (Å²) in [7, 11) is -1.46. The van der Waals surface area contributed by atoms with Crippen LogP contribution in [0.4, 0.5) is 5.69 Å². The van der Waals surface area contributed by atoms with Gasteiger partial charge in [-0.15, -0.1) is 24.0 Å². The van der Waals surface area contributed by atoms with Gasteiger partial charge in [0.25, 0.3) is 0 Å². The van der Waals surface area contributed by atoms with E-state index in [0.29, 0.717) is 19.0 Å². The minimum Gasteiger partial charge on any atom is -0.370 e. The van der Waals surface area contributed by atoms with E-state index in [9.17, 15) is 8.42 Å². The molecule has 0 aliphatic rings. The maximum Gasteiger partial charge on any atom is 0.191 e. The molecule has 0 amide bonds. The van der Waals surface area contributed by atoms with E-state index in [1.807, 2.05) is 0 Å². The highest BCUT2D eigenvalue weighted by Gasteiger charge is 2.30.